The van der Waals surface area contributed by atoms with Crippen LogP contribution in [0.25, 0.3) is 65.4 Å². The molecule has 6 heterocycles. The predicted octanol–water partition coefficient (Wildman–Crippen LogP) is 18.9. The molecule has 0 atom stereocenters. The number of nitrogens with one attached hydrogen (secondary N) is 6. The van der Waals surface area contributed by atoms with E-state index >= 15 is 0 Å². The van der Waals surface area contributed by atoms with Crippen LogP contribution >= 0.6 is 0 Å². The maximum absolute atomic E-state index is 6.68. The first-order chi connectivity index (χ1) is 43.1. The summed E-state index contributed by atoms with van der Waals surface area (Å²) in [5.41, 5.74) is 20.6. The lowest BCUT2D eigenvalue weighted by atomic mass is 9.85. The molecule has 0 aliphatic rings. The van der Waals surface area contributed by atoms with Crippen LogP contribution in [0.5, 0.6) is 17.2 Å². The zero-order valence-corrected chi connectivity index (χ0v) is 47.6. The molecule has 9 heteroatoms. The fraction of sp³-hybridized carbons (Fsp3) is 0.0769. The van der Waals surface area contributed by atoms with Gasteiger partial charge in [0.2, 0.25) is 0 Å². The average Bonchev–Trinajstić information content (AvgIpc) is 2.74. The molecular formula is C78H60N6O3. The number of fused-ring (bicyclic) bond motifs is 6. The summed E-state index contributed by atoms with van der Waals surface area (Å²) in [7, 11) is 0. The Kier molecular flexibility index (Phi) is 13.1. The molecule has 6 N–H and O–H groups in total. The molecule has 10 aromatic carbocycles. The first kappa shape index (κ1) is 51.5. The lowest BCUT2D eigenvalue weighted by Crippen LogP contribution is -2.05. The third kappa shape index (κ3) is 9.75. The molecule has 16 aromatic rings. The molecule has 0 radical (unpaired) electrons. The molecule has 0 saturated heterocycles. The zero-order valence-electron chi connectivity index (χ0n) is 47.6. The summed E-state index contributed by atoms with van der Waals surface area (Å²) in [6, 6.07) is 83.5. The minimum atomic E-state index is -0.0150. The summed E-state index contributed by atoms with van der Waals surface area (Å²) in [5, 5.41) is 7.24. The Bertz CT molecular complexity index is 4350. The van der Waals surface area contributed by atoms with Gasteiger partial charge in [-0.1, -0.05) is 146 Å². The van der Waals surface area contributed by atoms with Gasteiger partial charge in [0.05, 0.1) is 0 Å². The highest BCUT2D eigenvalue weighted by molar-refractivity contribution is 5.92. The van der Waals surface area contributed by atoms with Crippen molar-refractivity contribution in [1.82, 2.24) is 29.9 Å². The fourth-order valence-electron chi connectivity index (χ4n) is 13.4. The summed E-state index contributed by atoms with van der Waals surface area (Å²) in [6.45, 7) is 1.05. The van der Waals surface area contributed by atoms with E-state index in [1.807, 2.05) is 0 Å². The van der Waals surface area contributed by atoms with E-state index in [1.165, 1.54) is 82.4 Å². The SMILES string of the molecule is c1ccc2c(C(c3ccc(OCc4cc(COc5ccc(C(c6c[nH]c7ccccc67)c6c[nH]c7ccccc67)cc5)cc(COc5ccc(C(c6c[nH]c7ccccc67)c6c[nH]c7ccccc67)cc5)c4)cc3)c3c[nH]c4ccccc34)c[nH]c2c1. The van der Waals surface area contributed by atoms with Crippen LogP contribution in [0.2, 0.25) is 0 Å². The van der Waals surface area contributed by atoms with Crippen molar-refractivity contribution in [2.75, 3.05) is 0 Å². The quantitative estimate of drug-likeness (QED) is 0.0513. The second kappa shape index (κ2) is 22.1. The van der Waals surface area contributed by atoms with E-state index in [-0.39, 0.29) is 17.8 Å². The highest BCUT2D eigenvalue weighted by atomic mass is 16.5. The number of aromatic nitrogens is 6. The van der Waals surface area contributed by atoms with Crippen LogP contribution < -0.4 is 14.2 Å². The van der Waals surface area contributed by atoms with Crippen LogP contribution in [0.3, 0.4) is 0 Å². The molecule has 0 unspecified atom stereocenters. The van der Waals surface area contributed by atoms with Crippen molar-refractivity contribution in [2.24, 2.45) is 0 Å². The van der Waals surface area contributed by atoms with E-state index in [0.717, 1.165) is 67.0 Å². The van der Waals surface area contributed by atoms with Crippen LogP contribution in [0.1, 0.15) is 84.5 Å². The van der Waals surface area contributed by atoms with E-state index in [1.54, 1.807) is 0 Å². The van der Waals surface area contributed by atoms with Crippen LogP contribution in [0, 0.1) is 0 Å². The molecule has 0 aliphatic carbocycles. The number of benzene rings is 10. The Morgan fingerprint density at radius 3 is 0.632 bits per heavy atom. The molecule has 0 amide bonds. The zero-order chi connectivity index (χ0) is 57.6. The molecule has 9 nitrogen and oxygen atoms in total. The summed E-state index contributed by atoms with van der Waals surface area (Å²) in [6.07, 6.45) is 13.0. The summed E-state index contributed by atoms with van der Waals surface area (Å²) in [4.78, 5) is 21.2. The molecule has 0 fully saturated rings. The molecule has 6 aromatic heterocycles. The van der Waals surface area contributed by atoms with Gasteiger partial charge in [-0.2, -0.15) is 0 Å². The fourth-order valence-corrected chi connectivity index (χ4v) is 13.4. The second-order valence-electron chi connectivity index (χ2n) is 22.8. The minimum Gasteiger partial charge on any atom is -0.489 e. The van der Waals surface area contributed by atoms with Gasteiger partial charge in [-0.3, -0.25) is 0 Å². The van der Waals surface area contributed by atoms with Crippen molar-refractivity contribution in [1.29, 1.82) is 0 Å². The van der Waals surface area contributed by atoms with Crippen LogP contribution in [-0.4, -0.2) is 29.9 Å². The molecule has 16 rings (SSSR count). The van der Waals surface area contributed by atoms with Crippen molar-refractivity contribution in [3.63, 3.8) is 0 Å². The van der Waals surface area contributed by atoms with E-state index in [9.17, 15) is 0 Å². The Morgan fingerprint density at radius 1 is 0.230 bits per heavy atom. The largest absolute Gasteiger partial charge is 0.489 e. The second-order valence-corrected chi connectivity index (χ2v) is 22.8. The smallest absolute Gasteiger partial charge is 0.119 e. The number of hydrogen-bond acceptors (Lipinski definition) is 3. The van der Waals surface area contributed by atoms with Crippen LogP contribution in [0.15, 0.2) is 274 Å². The standard InChI is InChI=1S/C78H60N6O3/c1-7-19-70-58(13-1)64(40-79-70)76(65-41-80-71-20-8-2-14-59(65)71)52-25-31-55(32-26-52)85-46-49-37-50(47-86-56-33-27-53(28-34-56)77(66-42-81-72-21-9-3-15-60(66)72)67-43-82-73-22-10-4-16-61(67)73)39-51(38-49)48-87-57-35-29-54(30-36-57)78(68-44-83-74-23-11-5-17-62(68)74)69-45-84-75-24-12-6-18-63(69)75/h1-45,76-84H,46-48H2. The van der Waals surface area contributed by atoms with Gasteiger partial charge in [0.15, 0.2) is 0 Å². The highest BCUT2D eigenvalue weighted by Gasteiger charge is 2.27. The van der Waals surface area contributed by atoms with Gasteiger partial charge in [-0.05, 0) is 158 Å². The monoisotopic (exact) mass is 1130 g/mol. The van der Waals surface area contributed by atoms with Gasteiger partial charge in [-0.25, -0.2) is 0 Å². The minimum absolute atomic E-state index is 0.0150. The van der Waals surface area contributed by atoms with Gasteiger partial charge >= 0.3 is 0 Å². The third-order valence-corrected chi connectivity index (χ3v) is 17.6. The van der Waals surface area contributed by atoms with Crippen LogP contribution in [0.4, 0.5) is 0 Å². The van der Waals surface area contributed by atoms with E-state index in [0.29, 0.717) is 19.8 Å². The first-order valence-corrected chi connectivity index (χ1v) is 29.8. The number of hydrogen-bond donors (Lipinski definition) is 6. The third-order valence-electron chi connectivity index (χ3n) is 17.6. The summed E-state index contributed by atoms with van der Waals surface area (Å²) in [5.74, 6) is 2.31. The molecule has 0 bridgehead atoms. The number of aromatic amines is 6. The Balaban J connectivity index is 0.685. The Hall–Kier alpha value is -11.2. The molecule has 420 valence electrons. The maximum atomic E-state index is 6.68. The van der Waals surface area contributed by atoms with Gasteiger partial charge in [-0.15, -0.1) is 0 Å². The van der Waals surface area contributed by atoms with Gasteiger partial charge in [0, 0.05) is 120 Å². The molecule has 87 heavy (non-hydrogen) atoms. The molecular weight excluding hydrogens is 1070 g/mol. The lowest BCUT2D eigenvalue weighted by Gasteiger charge is -2.19. The number of rotatable bonds is 18. The topological polar surface area (TPSA) is 122 Å². The normalized spacial score (nSPS) is 11.9. The maximum Gasteiger partial charge on any atom is 0.119 e. The molecule has 0 spiro atoms. The Morgan fingerprint density at radius 2 is 0.425 bits per heavy atom. The Labute approximate surface area is 502 Å². The molecule has 0 aliphatic heterocycles. The summed E-state index contributed by atoms with van der Waals surface area (Å²) >= 11 is 0. The van der Waals surface area contributed by atoms with E-state index < -0.39 is 0 Å². The van der Waals surface area contributed by atoms with Gasteiger partial charge in [0.25, 0.3) is 0 Å². The van der Waals surface area contributed by atoms with Crippen molar-refractivity contribution >= 4 is 65.4 Å². The van der Waals surface area contributed by atoms with E-state index in [4.69, 9.17) is 14.2 Å². The van der Waals surface area contributed by atoms with Crippen molar-refractivity contribution in [3.05, 3.63) is 341 Å². The van der Waals surface area contributed by atoms with Crippen molar-refractivity contribution < 1.29 is 14.2 Å². The number of para-hydroxylation sites is 6. The van der Waals surface area contributed by atoms with Crippen molar-refractivity contribution in [2.45, 2.75) is 37.6 Å². The van der Waals surface area contributed by atoms with E-state index in [2.05, 4.69) is 304 Å². The first-order valence-electron chi connectivity index (χ1n) is 29.8. The predicted molar refractivity (Wildman–Crippen MR) is 351 cm³/mol. The highest BCUT2D eigenvalue weighted by Crippen LogP contribution is 2.43. The number of ether oxygens (including phenoxy) is 3. The van der Waals surface area contributed by atoms with Gasteiger partial charge < -0.3 is 44.1 Å². The lowest BCUT2D eigenvalue weighted by molar-refractivity contribution is 0.293. The summed E-state index contributed by atoms with van der Waals surface area (Å²) < 4.78 is 20.0. The van der Waals surface area contributed by atoms with Gasteiger partial charge in [0.1, 0.15) is 37.1 Å². The van der Waals surface area contributed by atoms with Crippen LogP contribution in [-0.2, 0) is 19.8 Å². The number of H-pyrrole nitrogens is 6. The van der Waals surface area contributed by atoms with Crippen molar-refractivity contribution in [3.8, 4) is 17.2 Å². The average molecular weight is 1130 g/mol. The molecule has 0 saturated carbocycles.